The number of halogens is 2. The number of amides is 1. The Morgan fingerprint density at radius 3 is 2.93 bits per heavy atom. The van der Waals surface area contributed by atoms with Gasteiger partial charge in [-0.25, -0.2) is 9.37 Å². The van der Waals surface area contributed by atoms with Crippen LogP contribution in [0.15, 0.2) is 42.5 Å². The van der Waals surface area contributed by atoms with Gasteiger partial charge in [0.1, 0.15) is 10.8 Å². The van der Waals surface area contributed by atoms with E-state index in [0.29, 0.717) is 28.6 Å². The molecule has 0 bridgehead atoms. The van der Waals surface area contributed by atoms with E-state index in [9.17, 15) is 9.18 Å². The molecule has 4 nitrogen and oxygen atoms in total. The molecule has 2 N–H and O–H groups in total. The van der Waals surface area contributed by atoms with Crippen LogP contribution < -0.4 is 10.6 Å². The number of rotatable bonds is 5. The fraction of sp³-hybridized carbons (Fsp3) is 0.300. The van der Waals surface area contributed by atoms with Gasteiger partial charge in [-0.2, -0.15) is 0 Å². The number of nitrogens with one attached hydrogen (secondary N) is 2. The molecule has 2 heterocycles. The van der Waals surface area contributed by atoms with Crippen molar-refractivity contribution in [1.29, 1.82) is 0 Å². The lowest BCUT2D eigenvalue weighted by Crippen LogP contribution is -2.15. The molecule has 1 amide bonds. The monoisotopic (exact) mass is 405 g/mol. The highest BCUT2D eigenvalue weighted by molar-refractivity contribution is 7.21. The van der Waals surface area contributed by atoms with Crippen molar-refractivity contribution in [3.8, 4) is 10.6 Å². The van der Waals surface area contributed by atoms with E-state index in [1.165, 1.54) is 23.5 Å². The van der Waals surface area contributed by atoms with Gasteiger partial charge in [0, 0.05) is 12.0 Å². The predicted octanol–water partition coefficient (Wildman–Crippen LogP) is 4.85. The van der Waals surface area contributed by atoms with Crippen molar-refractivity contribution in [2.45, 2.75) is 19.3 Å². The van der Waals surface area contributed by atoms with Gasteiger partial charge in [0.15, 0.2) is 0 Å². The van der Waals surface area contributed by atoms with Crippen molar-refractivity contribution in [3.63, 3.8) is 0 Å². The standard InChI is InChI=1S/C20H20FN3OS.ClH/c21-14-6-7-16(23-19(25)8-5-13-9-10-22-12-13)15(11-14)20-24-17-3-1-2-4-18(17)26-20;/h1-4,6-7,11,13,22H,5,8-10,12H2,(H,23,25);1H. The molecule has 1 aliphatic heterocycles. The molecule has 1 fully saturated rings. The lowest BCUT2D eigenvalue weighted by molar-refractivity contribution is -0.116. The summed E-state index contributed by atoms with van der Waals surface area (Å²) in [4.78, 5) is 17.0. The van der Waals surface area contributed by atoms with E-state index in [1.807, 2.05) is 24.3 Å². The summed E-state index contributed by atoms with van der Waals surface area (Å²) in [7, 11) is 0. The van der Waals surface area contributed by atoms with E-state index in [2.05, 4.69) is 15.6 Å². The van der Waals surface area contributed by atoms with Crippen molar-refractivity contribution in [3.05, 3.63) is 48.3 Å². The number of hydrogen-bond donors (Lipinski definition) is 2. The summed E-state index contributed by atoms with van der Waals surface area (Å²) in [5.41, 5.74) is 2.12. The third-order valence-electron chi connectivity index (χ3n) is 4.72. The van der Waals surface area contributed by atoms with E-state index < -0.39 is 0 Å². The normalized spacial score (nSPS) is 16.3. The Labute approximate surface area is 167 Å². The Hall–Kier alpha value is -2.02. The molecule has 142 valence electrons. The zero-order chi connectivity index (χ0) is 17.9. The number of hydrogen-bond acceptors (Lipinski definition) is 4. The first-order valence-corrected chi connectivity index (χ1v) is 9.67. The Morgan fingerprint density at radius 1 is 1.30 bits per heavy atom. The van der Waals surface area contributed by atoms with Crippen molar-refractivity contribution in [2.75, 3.05) is 18.4 Å². The molecule has 3 aromatic rings. The first-order valence-electron chi connectivity index (χ1n) is 8.85. The van der Waals surface area contributed by atoms with Gasteiger partial charge < -0.3 is 10.6 Å². The molecule has 1 atom stereocenters. The van der Waals surface area contributed by atoms with E-state index in [1.54, 1.807) is 6.07 Å². The fourth-order valence-corrected chi connectivity index (χ4v) is 4.29. The molecule has 4 rings (SSSR count). The Balaban J connectivity index is 0.00000210. The van der Waals surface area contributed by atoms with Crippen molar-refractivity contribution in [2.24, 2.45) is 5.92 Å². The highest BCUT2D eigenvalue weighted by Gasteiger charge is 2.17. The van der Waals surface area contributed by atoms with Crippen LogP contribution in [0.3, 0.4) is 0 Å². The van der Waals surface area contributed by atoms with E-state index >= 15 is 0 Å². The minimum Gasteiger partial charge on any atom is -0.325 e. The lowest BCUT2D eigenvalue weighted by Gasteiger charge is -2.11. The Kier molecular flexibility index (Phi) is 6.42. The summed E-state index contributed by atoms with van der Waals surface area (Å²) in [6.45, 7) is 2.02. The van der Waals surface area contributed by atoms with Crippen LogP contribution in [0.5, 0.6) is 0 Å². The SMILES string of the molecule is Cl.O=C(CCC1CCNC1)Nc1ccc(F)cc1-c1nc2ccccc2s1. The molecule has 2 aromatic carbocycles. The van der Waals surface area contributed by atoms with Crippen molar-refractivity contribution >= 4 is 45.6 Å². The van der Waals surface area contributed by atoms with Gasteiger partial charge in [0.05, 0.1) is 15.9 Å². The smallest absolute Gasteiger partial charge is 0.224 e. The average Bonchev–Trinajstić information content (AvgIpc) is 3.30. The van der Waals surface area contributed by atoms with Crippen LogP contribution in [0.2, 0.25) is 0 Å². The quantitative estimate of drug-likeness (QED) is 0.637. The summed E-state index contributed by atoms with van der Waals surface area (Å²) in [6.07, 6.45) is 2.47. The second-order valence-corrected chi connectivity index (χ2v) is 7.65. The number of benzene rings is 2. The highest BCUT2D eigenvalue weighted by Crippen LogP contribution is 2.35. The molecule has 7 heteroatoms. The van der Waals surface area contributed by atoms with Crippen molar-refractivity contribution in [1.82, 2.24) is 10.3 Å². The zero-order valence-corrected chi connectivity index (χ0v) is 16.3. The molecule has 0 saturated carbocycles. The first-order chi connectivity index (χ1) is 12.7. The second kappa shape index (κ2) is 8.78. The topological polar surface area (TPSA) is 54.0 Å². The lowest BCUT2D eigenvalue weighted by atomic mass is 10.0. The molecule has 1 unspecified atom stereocenters. The number of aromatic nitrogens is 1. The molecule has 1 aromatic heterocycles. The minimum absolute atomic E-state index is 0. The number of carbonyl (C=O) groups is 1. The number of thiazole rings is 1. The second-order valence-electron chi connectivity index (χ2n) is 6.62. The van der Waals surface area contributed by atoms with Gasteiger partial charge in [0.2, 0.25) is 5.91 Å². The van der Waals surface area contributed by atoms with Crippen LogP contribution in [-0.2, 0) is 4.79 Å². The van der Waals surface area contributed by atoms with Crippen molar-refractivity contribution < 1.29 is 9.18 Å². The van der Waals surface area contributed by atoms with Crippen LogP contribution in [0.1, 0.15) is 19.3 Å². The van der Waals surface area contributed by atoms with E-state index in [4.69, 9.17) is 0 Å². The third kappa shape index (κ3) is 4.64. The van der Waals surface area contributed by atoms with Gasteiger partial charge in [-0.15, -0.1) is 23.7 Å². The maximum absolute atomic E-state index is 13.8. The maximum atomic E-state index is 13.8. The van der Waals surface area contributed by atoms with E-state index in [0.717, 1.165) is 36.1 Å². The van der Waals surface area contributed by atoms with Crippen LogP contribution in [0, 0.1) is 11.7 Å². The van der Waals surface area contributed by atoms with E-state index in [-0.39, 0.29) is 24.1 Å². The molecular weight excluding hydrogens is 385 g/mol. The van der Waals surface area contributed by atoms with Crippen LogP contribution in [0.25, 0.3) is 20.8 Å². The molecule has 0 radical (unpaired) electrons. The summed E-state index contributed by atoms with van der Waals surface area (Å²) < 4.78 is 14.9. The fourth-order valence-electron chi connectivity index (χ4n) is 3.30. The van der Waals surface area contributed by atoms with Crippen LogP contribution in [0.4, 0.5) is 10.1 Å². The van der Waals surface area contributed by atoms with Gasteiger partial charge >= 0.3 is 0 Å². The Bertz CT molecular complexity index is 907. The predicted molar refractivity (Wildman–Crippen MR) is 111 cm³/mol. The largest absolute Gasteiger partial charge is 0.325 e. The number of para-hydroxylation sites is 1. The third-order valence-corrected chi connectivity index (χ3v) is 5.79. The molecule has 27 heavy (non-hydrogen) atoms. The first kappa shape index (κ1) is 19.7. The number of carbonyl (C=O) groups excluding carboxylic acids is 1. The average molecular weight is 406 g/mol. The van der Waals surface area contributed by atoms with Gasteiger partial charge in [-0.1, -0.05) is 12.1 Å². The summed E-state index contributed by atoms with van der Waals surface area (Å²) in [5, 5.41) is 6.97. The van der Waals surface area contributed by atoms with Gasteiger partial charge in [-0.05, 0) is 62.2 Å². The zero-order valence-electron chi connectivity index (χ0n) is 14.7. The molecule has 1 aliphatic rings. The molecular formula is C20H21ClFN3OS. The highest BCUT2D eigenvalue weighted by atomic mass is 35.5. The summed E-state index contributed by atoms with van der Waals surface area (Å²) in [6, 6.07) is 12.2. The molecule has 0 aliphatic carbocycles. The van der Waals surface area contributed by atoms with Crippen LogP contribution in [-0.4, -0.2) is 24.0 Å². The minimum atomic E-state index is -0.339. The molecule has 1 saturated heterocycles. The summed E-state index contributed by atoms with van der Waals surface area (Å²) in [5.74, 6) is 0.192. The van der Waals surface area contributed by atoms with Crippen LogP contribution >= 0.6 is 23.7 Å². The Morgan fingerprint density at radius 2 is 2.15 bits per heavy atom. The number of anilines is 1. The van der Waals surface area contributed by atoms with Gasteiger partial charge in [0.25, 0.3) is 0 Å². The number of fused-ring (bicyclic) bond motifs is 1. The summed E-state index contributed by atoms with van der Waals surface area (Å²) >= 11 is 1.50. The van der Waals surface area contributed by atoms with Gasteiger partial charge in [-0.3, -0.25) is 4.79 Å². The molecule has 0 spiro atoms. The maximum Gasteiger partial charge on any atom is 0.224 e. The number of nitrogens with zero attached hydrogens (tertiary/aromatic N) is 1.